The van der Waals surface area contributed by atoms with Gasteiger partial charge in [0.05, 0.1) is 43.9 Å². The molecule has 2 aliphatic heterocycles. The van der Waals surface area contributed by atoms with Crippen molar-refractivity contribution in [1.82, 2.24) is 29.4 Å². The Morgan fingerprint density at radius 3 is 2.55 bits per heavy atom. The van der Waals surface area contributed by atoms with Crippen LogP contribution in [0.25, 0.3) is 0 Å². The number of hydrogen-bond donors (Lipinski definition) is 0. The Hall–Kier alpha value is -2.03. The van der Waals surface area contributed by atoms with E-state index in [1.807, 2.05) is 12.3 Å². The second kappa shape index (κ2) is 8.38. The quantitative estimate of drug-likeness (QED) is 0.748. The van der Waals surface area contributed by atoms with Gasteiger partial charge < -0.3 is 4.74 Å². The number of aromatic nitrogens is 4. The Morgan fingerprint density at radius 2 is 1.79 bits per heavy atom. The van der Waals surface area contributed by atoms with E-state index in [0.717, 1.165) is 58.1 Å². The van der Waals surface area contributed by atoms with Crippen LogP contribution in [0.2, 0.25) is 0 Å². The summed E-state index contributed by atoms with van der Waals surface area (Å²) in [5.41, 5.74) is 3.38. The standard InChI is InChI=1S/C21H32N6O2/c1-21(2,3)19-4-5-20(28)27(23-19)11-10-24-6-8-25(9-7-24)15-17-14-22-26-12-13-29-16-18(17)26/h4-5,14H,6-13,15-16H2,1-3H3. The van der Waals surface area contributed by atoms with Crippen LogP contribution in [0.4, 0.5) is 0 Å². The number of hydrogen-bond acceptors (Lipinski definition) is 6. The van der Waals surface area contributed by atoms with Crippen molar-refractivity contribution in [2.45, 2.75) is 52.4 Å². The van der Waals surface area contributed by atoms with Gasteiger partial charge in [-0.15, -0.1) is 0 Å². The minimum absolute atomic E-state index is 0.0233. The van der Waals surface area contributed by atoms with Gasteiger partial charge >= 0.3 is 0 Å². The summed E-state index contributed by atoms with van der Waals surface area (Å²) in [6, 6.07) is 3.49. The van der Waals surface area contributed by atoms with Crippen molar-refractivity contribution in [2.75, 3.05) is 39.3 Å². The molecule has 29 heavy (non-hydrogen) atoms. The highest BCUT2D eigenvalue weighted by molar-refractivity contribution is 5.18. The van der Waals surface area contributed by atoms with Gasteiger partial charge in [0.25, 0.3) is 5.56 Å². The van der Waals surface area contributed by atoms with Gasteiger partial charge in [-0.25, -0.2) is 4.68 Å². The molecule has 0 N–H and O–H groups in total. The Balaban J connectivity index is 1.28. The summed E-state index contributed by atoms with van der Waals surface area (Å²) in [6.07, 6.45) is 2.00. The van der Waals surface area contributed by atoms with E-state index in [4.69, 9.17) is 4.74 Å². The largest absolute Gasteiger partial charge is 0.373 e. The van der Waals surface area contributed by atoms with Gasteiger partial charge in [-0.3, -0.25) is 19.3 Å². The van der Waals surface area contributed by atoms with E-state index in [-0.39, 0.29) is 11.0 Å². The fraction of sp³-hybridized carbons (Fsp3) is 0.667. The third-order valence-corrected chi connectivity index (χ3v) is 5.84. The summed E-state index contributed by atoms with van der Waals surface area (Å²) in [6.45, 7) is 15.1. The van der Waals surface area contributed by atoms with Gasteiger partial charge in [-0.2, -0.15) is 10.2 Å². The van der Waals surface area contributed by atoms with Crippen LogP contribution in [-0.4, -0.2) is 68.7 Å². The van der Waals surface area contributed by atoms with Crippen molar-refractivity contribution >= 4 is 0 Å². The number of piperazine rings is 1. The van der Waals surface area contributed by atoms with E-state index >= 15 is 0 Å². The molecule has 158 valence electrons. The lowest BCUT2D eigenvalue weighted by atomic mass is 9.92. The van der Waals surface area contributed by atoms with E-state index in [1.165, 1.54) is 11.3 Å². The van der Waals surface area contributed by atoms with E-state index < -0.39 is 0 Å². The number of rotatable bonds is 5. The molecule has 2 aliphatic rings. The van der Waals surface area contributed by atoms with Gasteiger partial charge in [-0.05, 0) is 6.07 Å². The lowest BCUT2D eigenvalue weighted by Gasteiger charge is -2.34. The topological polar surface area (TPSA) is 68.4 Å². The van der Waals surface area contributed by atoms with Gasteiger partial charge in [0.15, 0.2) is 0 Å². The molecule has 0 unspecified atom stereocenters. The Bertz CT molecular complexity index is 889. The summed E-state index contributed by atoms with van der Waals surface area (Å²) in [5.74, 6) is 0. The van der Waals surface area contributed by atoms with E-state index in [9.17, 15) is 4.79 Å². The molecule has 0 radical (unpaired) electrons. The maximum Gasteiger partial charge on any atom is 0.266 e. The van der Waals surface area contributed by atoms with Crippen molar-refractivity contribution in [3.8, 4) is 0 Å². The van der Waals surface area contributed by atoms with Crippen molar-refractivity contribution in [3.05, 3.63) is 45.6 Å². The molecule has 0 spiro atoms. The van der Waals surface area contributed by atoms with Crippen LogP contribution < -0.4 is 5.56 Å². The summed E-state index contributed by atoms with van der Waals surface area (Å²) in [5, 5.41) is 9.07. The molecule has 0 atom stereocenters. The molecule has 2 aromatic heterocycles. The SMILES string of the molecule is CC(C)(C)c1ccc(=O)n(CCN2CCN(Cc3cnn4c3COCC4)CC2)n1. The molecule has 4 heterocycles. The van der Waals surface area contributed by atoms with Gasteiger partial charge in [0, 0.05) is 56.3 Å². The zero-order valence-electron chi connectivity index (χ0n) is 17.8. The molecule has 8 heteroatoms. The molecule has 4 rings (SSSR count). The van der Waals surface area contributed by atoms with Crippen molar-refractivity contribution < 1.29 is 4.74 Å². The normalized spacial score (nSPS) is 18.7. The second-order valence-electron chi connectivity index (χ2n) is 9.04. The molecule has 2 aromatic rings. The molecule has 1 saturated heterocycles. The Morgan fingerprint density at radius 1 is 1.03 bits per heavy atom. The molecule has 0 amide bonds. The minimum atomic E-state index is -0.0563. The van der Waals surface area contributed by atoms with Crippen LogP contribution in [0.15, 0.2) is 23.1 Å². The third kappa shape index (κ3) is 4.76. The first-order valence-electron chi connectivity index (χ1n) is 10.5. The number of nitrogens with zero attached hydrogens (tertiary/aromatic N) is 6. The number of fused-ring (bicyclic) bond motifs is 1. The highest BCUT2D eigenvalue weighted by Crippen LogP contribution is 2.18. The van der Waals surface area contributed by atoms with Gasteiger partial charge in [0.1, 0.15) is 0 Å². The minimum Gasteiger partial charge on any atom is -0.373 e. The predicted molar refractivity (Wildman–Crippen MR) is 111 cm³/mol. The van der Waals surface area contributed by atoms with Crippen molar-refractivity contribution in [2.24, 2.45) is 0 Å². The molecule has 0 aliphatic carbocycles. The van der Waals surface area contributed by atoms with Crippen LogP contribution in [0.3, 0.4) is 0 Å². The number of ether oxygens (including phenoxy) is 1. The molecule has 0 saturated carbocycles. The second-order valence-corrected chi connectivity index (χ2v) is 9.04. The van der Waals surface area contributed by atoms with Crippen LogP contribution in [0.5, 0.6) is 0 Å². The summed E-state index contributed by atoms with van der Waals surface area (Å²) >= 11 is 0. The van der Waals surface area contributed by atoms with Crippen LogP contribution >= 0.6 is 0 Å². The van der Waals surface area contributed by atoms with Crippen LogP contribution in [-0.2, 0) is 36.4 Å². The molecular weight excluding hydrogens is 368 g/mol. The van der Waals surface area contributed by atoms with E-state index in [0.29, 0.717) is 13.2 Å². The molecular formula is C21H32N6O2. The summed E-state index contributed by atoms with van der Waals surface area (Å²) in [7, 11) is 0. The van der Waals surface area contributed by atoms with Gasteiger partial charge in [0.2, 0.25) is 0 Å². The first kappa shape index (κ1) is 20.3. The molecule has 0 bridgehead atoms. The van der Waals surface area contributed by atoms with E-state index in [2.05, 4.69) is 45.5 Å². The Labute approximate surface area is 172 Å². The first-order valence-corrected chi connectivity index (χ1v) is 10.5. The monoisotopic (exact) mass is 400 g/mol. The highest BCUT2D eigenvalue weighted by atomic mass is 16.5. The Kier molecular flexibility index (Phi) is 5.85. The lowest BCUT2D eigenvalue weighted by molar-refractivity contribution is 0.0775. The predicted octanol–water partition coefficient (Wildman–Crippen LogP) is 1.09. The van der Waals surface area contributed by atoms with Crippen LogP contribution in [0, 0.1) is 0 Å². The molecule has 8 nitrogen and oxygen atoms in total. The van der Waals surface area contributed by atoms with E-state index in [1.54, 1.807) is 10.7 Å². The summed E-state index contributed by atoms with van der Waals surface area (Å²) in [4.78, 5) is 17.1. The average molecular weight is 401 g/mol. The average Bonchev–Trinajstić information content (AvgIpc) is 3.10. The smallest absolute Gasteiger partial charge is 0.266 e. The molecule has 0 aromatic carbocycles. The fourth-order valence-electron chi connectivity index (χ4n) is 3.92. The maximum atomic E-state index is 12.2. The third-order valence-electron chi connectivity index (χ3n) is 5.84. The van der Waals surface area contributed by atoms with Crippen molar-refractivity contribution in [3.63, 3.8) is 0 Å². The van der Waals surface area contributed by atoms with Crippen LogP contribution in [0.1, 0.15) is 37.7 Å². The zero-order chi connectivity index (χ0) is 20.4. The highest BCUT2D eigenvalue weighted by Gasteiger charge is 2.21. The molecule has 1 fully saturated rings. The zero-order valence-corrected chi connectivity index (χ0v) is 17.8. The first-order chi connectivity index (χ1) is 13.9. The fourth-order valence-corrected chi connectivity index (χ4v) is 3.92. The van der Waals surface area contributed by atoms with Crippen molar-refractivity contribution in [1.29, 1.82) is 0 Å². The summed E-state index contributed by atoms with van der Waals surface area (Å²) < 4.78 is 9.28. The lowest BCUT2D eigenvalue weighted by Crippen LogP contribution is -2.47. The maximum absolute atomic E-state index is 12.2. The van der Waals surface area contributed by atoms with Gasteiger partial charge in [-0.1, -0.05) is 20.8 Å².